The van der Waals surface area contributed by atoms with Gasteiger partial charge in [-0.3, -0.25) is 0 Å². The molecule has 0 bridgehead atoms. The molecule has 0 saturated heterocycles. The molecule has 0 radical (unpaired) electrons. The van der Waals surface area contributed by atoms with Crippen LogP contribution in [0.1, 0.15) is 227 Å². The number of rotatable bonds is 7. The van der Waals surface area contributed by atoms with E-state index in [4.69, 9.17) is 0 Å². The van der Waals surface area contributed by atoms with Crippen molar-refractivity contribution in [2.24, 2.45) is 10.8 Å². The van der Waals surface area contributed by atoms with E-state index in [1.54, 1.807) is 0 Å². The maximum absolute atomic E-state index is 9.30. The number of hydrogen-bond acceptors (Lipinski definition) is 0. The van der Waals surface area contributed by atoms with E-state index in [2.05, 4.69) is 238 Å². The Bertz CT molecular complexity index is 2370. The third-order valence-electron chi connectivity index (χ3n) is 15.6. The van der Waals surface area contributed by atoms with Gasteiger partial charge < -0.3 is 0 Å². The molecule has 2 atom stereocenters. The Morgan fingerprint density at radius 2 is 0.697 bits per heavy atom. The van der Waals surface area contributed by atoms with Crippen LogP contribution in [0, 0.1) is 10.8 Å². The van der Waals surface area contributed by atoms with Crippen molar-refractivity contribution in [3.05, 3.63) is 127 Å². The predicted octanol–water partition coefficient (Wildman–Crippen LogP) is 20.1. The van der Waals surface area contributed by atoms with Crippen molar-refractivity contribution in [1.82, 2.24) is 0 Å². The average Bonchev–Trinajstić information content (AvgIpc) is 3.77. The van der Waals surface area contributed by atoms with E-state index in [-0.39, 0.29) is 39.7 Å². The molecule has 0 aliphatic heterocycles. The topological polar surface area (TPSA) is 0 Å². The summed E-state index contributed by atoms with van der Waals surface area (Å²) in [6.07, 6.45) is 5.21. The van der Waals surface area contributed by atoms with Gasteiger partial charge in [0.1, 0.15) is 0 Å². The fraction of sp³-hybridized carbons (Fsp3) is 0.548. The third kappa shape index (κ3) is 9.49. The van der Waals surface area contributed by atoms with E-state index in [1.165, 1.54) is 89.0 Å². The van der Waals surface area contributed by atoms with Crippen molar-refractivity contribution < 1.29 is 15.6 Å². The van der Waals surface area contributed by atoms with Crippen molar-refractivity contribution in [3.63, 3.8) is 0 Å². The maximum atomic E-state index is 9.30. The molecular formula is C62H89Cl2SiZr. The number of fused-ring (bicyclic) bond motifs is 2. The van der Waals surface area contributed by atoms with Crippen LogP contribution in [0.2, 0.25) is 13.1 Å². The first kappa shape index (κ1) is 53.4. The predicted molar refractivity (Wildman–Crippen MR) is 298 cm³/mol. The van der Waals surface area contributed by atoms with Gasteiger partial charge in [-0.1, -0.05) is 0 Å². The van der Waals surface area contributed by atoms with Crippen LogP contribution < -0.4 is 0 Å². The Hall–Kier alpha value is -1.96. The van der Waals surface area contributed by atoms with Gasteiger partial charge in [-0.05, 0) is 0 Å². The number of halogens is 2. The van der Waals surface area contributed by atoms with Crippen LogP contribution in [0.25, 0.3) is 34.4 Å². The van der Waals surface area contributed by atoms with Crippen LogP contribution in [0.3, 0.4) is 0 Å². The van der Waals surface area contributed by atoms with Gasteiger partial charge in [0.25, 0.3) is 0 Å². The van der Waals surface area contributed by atoms with Crippen LogP contribution in [-0.4, -0.2) is 5.92 Å². The Kier molecular flexibility index (Phi) is 13.9. The van der Waals surface area contributed by atoms with Crippen LogP contribution in [0.5, 0.6) is 0 Å². The molecule has 0 aromatic heterocycles. The third-order valence-corrected chi connectivity index (χ3v) is 67.1. The van der Waals surface area contributed by atoms with Crippen molar-refractivity contribution in [1.29, 1.82) is 0 Å². The molecule has 2 aliphatic rings. The zero-order valence-electron chi connectivity index (χ0n) is 46.1. The van der Waals surface area contributed by atoms with E-state index in [0.717, 1.165) is 0 Å². The zero-order chi connectivity index (χ0) is 50.1. The molecule has 0 spiro atoms. The molecule has 0 saturated carbocycles. The summed E-state index contributed by atoms with van der Waals surface area (Å²) in [5.74, 6) is -1.20. The van der Waals surface area contributed by atoms with E-state index in [1.807, 2.05) is 0 Å². The minimum atomic E-state index is -5.29. The molecule has 6 rings (SSSR count). The Balaban J connectivity index is 1.77. The van der Waals surface area contributed by atoms with Gasteiger partial charge in [0.15, 0.2) is 0 Å². The average molecular weight is 1020 g/mol. The molecule has 4 aromatic rings. The van der Waals surface area contributed by atoms with Gasteiger partial charge in [-0.15, -0.1) is 0 Å². The Morgan fingerprint density at radius 3 is 0.909 bits per heavy atom. The molecule has 4 heteroatoms. The Morgan fingerprint density at radius 1 is 0.424 bits per heavy atom. The summed E-state index contributed by atoms with van der Waals surface area (Å²) >= 11 is -5.29. The van der Waals surface area contributed by atoms with E-state index in [0.29, 0.717) is 11.8 Å². The number of hydrogen-bond donors (Lipinski definition) is 0. The minimum absolute atomic E-state index is 0.00567. The van der Waals surface area contributed by atoms with Crippen LogP contribution >= 0.6 is 17.0 Å². The first-order valence-corrected chi connectivity index (χ1v) is 41.7. The second-order valence-corrected chi connectivity index (χ2v) is 70.4. The molecular weight excluding hydrogens is 935 g/mol. The normalized spacial score (nSPS) is 18.2. The first-order valence-electron chi connectivity index (χ1n) is 25.4. The quantitative estimate of drug-likeness (QED) is 0.162. The summed E-state index contributed by atoms with van der Waals surface area (Å²) in [4.78, 5) is 0. The Labute approximate surface area is 414 Å². The second-order valence-electron chi connectivity index (χ2n) is 27.9. The molecule has 359 valence electrons. The molecule has 0 fully saturated rings. The summed E-state index contributed by atoms with van der Waals surface area (Å²) in [6.45, 7) is 57.2. The fourth-order valence-electron chi connectivity index (χ4n) is 11.1. The summed E-state index contributed by atoms with van der Waals surface area (Å²) in [5.41, 5.74) is 21.6. The summed E-state index contributed by atoms with van der Waals surface area (Å²) < 4.78 is -0.0631. The number of allylic oxidation sites excluding steroid dienone is 2. The standard InChI is InChI=1S/2C30H41.C2H7Si.2ClH.Zr/c2*1-19(2)25-13-12-20-14-24(30(9,10)11)18-26(20)27(25)21-15-22(28(3,4)5)17-23(16-21)29(6,7)8;1-3-2;;;/h2*12-19H,1-11H3;3H,1-2H3;2*1H;/q;;;;;+2/p-2. The van der Waals surface area contributed by atoms with Gasteiger partial charge in [0, 0.05) is 0 Å². The molecule has 0 heterocycles. The zero-order valence-corrected chi connectivity index (χ0v) is 51.2. The second kappa shape index (κ2) is 17.1. The van der Waals surface area contributed by atoms with Crippen molar-refractivity contribution in [3.8, 4) is 22.3 Å². The molecule has 0 nitrogen and oxygen atoms in total. The van der Waals surface area contributed by atoms with Crippen molar-refractivity contribution >= 4 is 35.1 Å². The summed E-state index contributed by atoms with van der Waals surface area (Å²) in [5, 5.41) is 0. The van der Waals surface area contributed by atoms with Gasteiger partial charge in [0.05, 0.1) is 0 Å². The van der Waals surface area contributed by atoms with Gasteiger partial charge in [-0.2, -0.15) is 0 Å². The molecule has 0 amide bonds. The van der Waals surface area contributed by atoms with Gasteiger partial charge in [0.2, 0.25) is 0 Å². The van der Waals surface area contributed by atoms with Gasteiger partial charge >= 0.3 is 417 Å². The van der Waals surface area contributed by atoms with E-state index < -0.39 is 21.5 Å². The molecule has 2 aliphatic carbocycles. The SMILES string of the molecule is CC(C)c1ccc2c(c1-c1cc(C(C)(C)C)cc(C(C)(C)C)c1)C=C(C(C)(C)C)[CH]2[Zr]([Cl])([Cl])([CH]1C(C(C)(C)C)=Cc2c1ccc(C(C)C)c2-c1cc(C(C)(C)C)cc(C(C)(C)C)c1)[SiH](C)C. The van der Waals surface area contributed by atoms with Crippen LogP contribution in [0.4, 0.5) is 0 Å². The number of benzene rings is 4. The monoisotopic (exact) mass is 1020 g/mol. The van der Waals surface area contributed by atoms with Gasteiger partial charge in [-0.25, -0.2) is 0 Å². The molecule has 2 unspecified atom stereocenters. The summed E-state index contributed by atoms with van der Waals surface area (Å²) in [6, 6.07) is 24.8. The fourth-order valence-corrected chi connectivity index (χ4v) is 42.6. The molecule has 4 aromatic carbocycles. The molecule has 66 heavy (non-hydrogen) atoms. The van der Waals surface area contributed by atoms with E-state index in [9.17, 15) is 17.0 Å². The van der Waals surface area contributed by atoms with Crippen LogP contribution in [0.15, 0.2) is 71.8 Å². The molecule has 0 N–H and O–H groups in total. The van der Waals surface area contributed by atoms with Crippen LogP contribution in [-0.2, 0) is 37.2 Å². The van der Waals surface area contributed by atoms with E-state index >= 15 is 0 Å². The first-order chi connectivity index (χ1) is 29.7. The summed E-state index contributed by atoms with van der Waals surface area (Å²) in [7, 11) is 18.6. The van der Waals surface area contributed by atoms with Crippen molar-refractivity contribution in [2.75, 3.05) is 0 Å². The van der Waals surface area contributed by atoms with Crippen molar-refractivity contribution in [2.45, 2.75) is 206 Å².